The highest BCUT2D eigenvalue weighted by Crippen LogP contribution is 2.41. The molecule has 4 aliphatic heterocycles. The highest BCUT2D eigenvalue weighted by atomic mass is 16.5. The van der Waals surface area contributed by atoms with Gasteiger partial charge in [0.1, 0.15) is 13.2 Å². The van der Waals surface area contributed by atoms with Crippen molar-refractivity contribution in [1.82, 2.24) is 14.7 Å². The van der Waals surface area contributed by atoms with E-state index >= 15 is 0 Å². The van der Waals surface area contributed by atoms with E-state index in [1.54, 1.807) is 38.5 Å². The van der Waals surface area contributed by atoms with Gasteiger partial charge in [-0.3, -0.25) is 19.6 Å². The van der Waals surface area contributed by atoms with E-state index in [0.717, 1.165) is 40.7 Å². The maximum absolute atomic E-state index is 13.9. The van der Waals surface area contributed by atoms with Gasteiger partial charge in [0, 0.05) is 44.2 Å². The second-order valence-electron chi connectivity index (χ2n) is 15.5. The molecule has 0 fully saturated rings. The van der Waals surface area contributed by atoms with Crippen LogP contribution in [0.25, 0.3) is 0 Å². The fraction of sp³-hybridized carbons (Fsp3) is 0.277. The third kappa shape index (κ3) is 7.18. The first-order chi connectivity index (χ1) is 28.2. The first-order valence-corrected chi connectivity index (χ1v) is 19.5. The van der Waals surface area contributed by atoms with Crippen LogP contribution in [0.4, 0.5) is 11.4 Å². The Balaban J connectivity index is 0.944. The predicted molar refractivity (Wildman–Crippen MR) is 222 cm³/mol. The van der Waals surface area contributed by atoms with Crippen molar-refractivity contribution in [3.8, 4) is 23.0 Å². The summed E-state index contributed by atoms with van der Waals surface area (Å²) < 4.78 is 24.4. The van der Waals surface area contributed by atoms with Crippen molar-refractivity contribution in [3.63, 3.8) is 0 Å². The molecule has 11 heteroatoms. The number of amides is 2. The van der Waals surface area contributed by atoms with E-state index in [1.165, 1.54) is 11.1 Å². The van der Waals surface area contributed by atoms with E-state index in [2.05, 4.69) is 47.4 Å². The molecule has 0 radical (unpaired) electrons. The monoisotopic (exact) mass is 775 g/mol. The van der Waals surface area contributed by atoms with Crippen molar-refractivity contribution >= 4 is 35.6 Å². The Morgan fingerprint density at radius 1 is 0.586 bits per heavy atom. The van der Waals surface area contributed by atoms with Crippen molar-refractivity contribution in [2.24, 2.45) is 9.98 Å². The Hall–Kier alpha value is -6.46. The smallest absolute Gasteiger partial charge is 0.257 e. The normalized spacial score (nSPS) is 17.6. The topological polar surface area (TPSA) is 106 Å². The van der Waals surface area contributed by atoms with E-state index < -0.39 is 0 Å². The number of fused-ring (bicyclic) bond motifs is 6. The molecule has 0 saturated carbocycles. The third-order valence-corrected chi connectivity index (χ3v) is 11.3. The Morgan fingerprint density at radius 2 is 1.02 bits per heavy atom. The summed E-state index contributed by atoms with van der Waals surface area (Å²) in [5, 5.41) is 0. The molecular formula is C47H45N5O6. The van der Waals surface area contributed by atoms with Gasteiger partial charge in [-0.25, -0.2) is 0 Å². The highest BCUT2D eigenvalue weighted by molar-refractivity contribution is 6.04. The van der Waals surface area contributed by atoms with Gasteiger partial charge in [-0.2, -0.15) is 0 Å². The minimum absolute atomic E-state index is 0.0795. The lowest BCUT2D eigenvalue weighted by Gasteiger charge is -2.34. The molecule has 0 bridgehead atoms. The maximum atomic E-state index is 13.9. The summed E-state index contributed by atoms with van der Waals surface area (Å²) in [4.78, 5) is 43.3. The number of hydrogen-bond donors (Lipinski definition) is 0. The van der Waals surface area contributed by atoms with Crippen LogP contribution >= 0.6 is 0 Å². The summed E-state index contributed by atoms with van der Waals surface area (Å²) in [5.41, 5.74) is 9.83. The minimum atomic E-state index is -0.132. The van der Waals surface area contributed by atoms with Gasteiger partial charge in [0.15, 0.2) is 23.0 Å². The Labute approximate surface area is 338 Å². The molecule has 58 heavy (non-hydrogen) atoms. The van der Waals surface area contributed by atoms with E-state index in [1.807, 2.05) is 60.6 Å². The van der Waals surface area contributed by atoms with Crippen LogP contribution in [0.1, 0.15) is 59.7 Å². The summed E-state index contributed by atoms with van der Waals surface area (Å²) in [5.74, 6) is 1.75. The lowest BCUT2D eigenvalue weighted by molar-refractivity contribution is 0.0696. The van der Waals surface area contributed by atoms with Gasteiger partial charge in [-0.05, 0) is 84.1 Å². The Bertz CT molecular complexity index is 2330. The Morgan fingerprint density at radius 3 is 1.45 bits per heavy atom. The average molecular weight is 776 g/mol. The number of benzene rings is 5. The largest absolute Gasteiger partial charge is 0.493 e. The van der Waals surface area contributed by atoms with E-state index in [9.17, 15) is 9.59 Å². The molecule has 5 aromatic rings. The van der Waals surface area contributed by atoms with Crippen molar-refractivity contribution < 1.29 is 28.5 Å². The zero-order valence-electron chi connectivity index (χ0n) is 33.1. The van der Waals surface area contributed by atoms with Crippen LogP contribution in [-0.4, -0.2) is 79.3 Å². The zero-order chi connectivity index (χ0) is 39.9. The number of carbonyl (C=O) groups is 2. The molecule has 0 aliphatic carbocycles. The molecule has 0 N–H and O–H groups in total. The van der Waals surface area contributed by atoms with Gasteiger partial charge in [0.2, 0.25) is 0 Å². The molecule has 9 rings (SSSR count). The number of rotatable bonds is 10. The van der Waals surface area contributed by atoms with E-state index in [0.29, 0.717) is 65.1 Å². The summed E-state index contributed by atoms with van der Waals surface area (Å²) in [6.07, 6.45) is 5.19. The molecule has 294 valence electrons. The van der Waals surface area contributed by atoms with Crippen LogP contribution in [0.15, 0.2) is 101 Å². The SMILES string of the molecule is COc1cc2c(cc1OCc1cc(COc3cc4c(cc3OC)C(=O)N3Cc5ccccc5CC3C=N4)cc(CN(C)C)c1)N=CC1Cc3ccccc3CN1C2=O. The number of hydrogen-bond acceptors (Lipinski definition) is 9. The lowest BCUT2D eigenvalue weighted by Crippen LogP contribution is -2.44. The van der Waals surface area contributed by atoms with Gasteiger partial charge in [0.05, 0.1) is 48.8 Å². The summed E-state index contributed by atoms with van der Waals surface area (Å²) in [7, 11) is 7.21. The van der Waals surface area contributed by atoms with Crippen LogP contribution in [0.2, 0.25) is 0 Å². The fourth-order valence-electron chi connectivity index (χ4n) is 8.43. The van der Waals surface area contributed by atoms with Gasteiger partial charge in [-0.1, -0.05) is 60.7 Å². The molecule has 11 nitrogen and oxygen atoms in total. The molecule has 4 aliphatic rings. The molecule has 2 unspecified atom stereocenters. The van der Waals surface area contributed by atoms with Gasteiger partial charge < -0.3 is 33.6 Å². The van der Waals surface area contributed by atoms with Crippen LogP contribution in [-0.2, 0) is 45.7 Å². The number of carbonyl (C=O) groups excluding carboxylic acids is 2. The van der Waals surface area contributed by atoms with E-state index in [4.69, 9.17) is 28.9 Å². The van der Waals surface area contributed by atoms with Crippen molar-refractivity contribution in [2.45, 2.75) is 57.8 Å². The van der Waals surface area contributed by atoms with Crippen LogP contribution in [0.5, 0.6) is 23.0 Å². The van der Waals surface area contributed by atoms with Crippen molar-refractivity contribution in [3.05, 3.63) is 141 Å². The van der Waals surface area contributed by atoms with Crippen LogP contribution in [0, 0.1) is 0 Å². The third-order valence-electron chi connectivity index (χ3n) is 11.3. The molecule has 0 aromatic heterocycles. The van der Waals surface area contributed by atoms with Crippen LogP contribution < -0.4 is 18.9 Å². The molecule has 4 heterocycles. The number of ether oxygens (including phenoxy) is 4. The average Bonchev–Trinajstić information content (AvgIpc) is 3.45. The van der Waals surface area contributed by atoms with Gasteiger partial charge in [0.25, 0.3) is 11.8 Å². The molecule has 5 aromatic carbocycles. The van der Waals surface area contributed by atoms with E-state index in [-0.39, 0.29) is 37.1 Å². The second kappa shape index (κ2) is 15.5. The van der Waals surface area contributed by atoms with Crippen molar-refractivity contribution in [2.75, 3.05) is 28.3 Å². The number of nitrogens with zero attached hydrogens (tertiary/aromatic N) is 5. The summed E-state index contributed by atoms with van der Waals surface area (Å²) in [6, 6.07) is 29.6. The van der Waals surface area contributed by atoms with Crippen molar-refractivity contribution in [1.29, 1.82) is 0 Å². The first-order valence-electron chi connectivity index (χ1n) is 19.5. The highest BCUT2D eigenvalue weighted by Gasteiger charge is 2.35. The number of aliphatic imine (C=N–C) groups is 2. The van der Waals surface area contributed by atoms with Gasteiger partial charge in [-0.15, -0.1) is 0 Å². The fourth-order valence-corrected chi connectivity index (χ4v) is 8.43. The molecule has 2 amide bonds. The molecule has 0 spiro atoms. The van der Waals surface area contributed by atoms with Crippen LogP contribution in [0.3, 0.4) is 0 Å². The maximum Gasteiger partial charge on any atom is 0.257 e. The first kappa shape index (κ1) is 37.1. The molecule has 0 saturated heterocycles. The summed E-state index contributed by atoms with van der Waals surface area (Å²) >= 11 is 0. The standard InChI is InChI=1S/C47H45N5O6/c1-50(2)24-29-13-30(27-57-44-20-40-38(18-42(44)55-3)46(53)51-25-34-11-7-5-9-32(34)16-36(51)22-48-40)15-31(14-29)28-58-45-21-41-39(19-43(45)56-4)47(54)52-26-35-12-8-6-10-33(35)17-37(52)23-49-41/h5-15,18-23,36-37H,16-17,24-28H2,1-4H3. The minimum Gasteiger partial charge on any atom is -0.493 e. The second-order valence-corrected chi connectivity index (χ2v) is 15.5. The summed E-state index contributed by atoms with van der Waals surface area (Å²) in [6.45, 7) is 2.25. The van der Waals surface area contributed by atoms with Gasteiger partial charge >= 0.3 is 0 Å². The zero-order valence-corrected chi connectivity index (χ0v) is 33.1. The predicted octanol–water partition coefficient (Wildman–Crippen LogP) is 7.49. The molecular weight excluding hydrogens is 731 g/mol. The quantitative estimate of drug-likeness (QED) is 0.145. The Kier molecular flexibility index (Phi) is 9.91. The lowest BCUT2D eigenvalue weighted by atomic mass is 9.94. The molecule has 2 atom stereocenters. The number of methoxy groups -OCH3 is 2.